The fraction of sp³-hybridized carbons (Fsp3) is 0.208. The van der Waals surface area contributed by atoms with E-state index in [1.807, 2.05) is 60.9 Å². The summed E-state index contributed by atoms with van der Waals surface area (Å²) in [5.74, 6) is 0.0235. The van der Waals surface area contributed by atoms with E-state index in [2.05, 4.69) is 15.3 Å². The maximum absolute atomic E-state index is 14.1. The summed E-state index contributed by atoms with van der Waals surface area (Å²) in [6, 6.07) is 17.6. The molecule has 0 radical (unpaired) electrons. The Bertz CT molecular complexity index is 1210. The number of amides is 1. The van der Waals surface area contributed by atoms with Gasteiger partial charge in [-0.15, -0.1) is 0 Å². The summed E-state index contributed by atoms with van der Waals surface area (Å²) < 4.78 is 16.0. The molecule has 0 bridgehead atoms. The van der Waals surface area contributed by atoms with E-state index >= 15 is 0 Å². The highest BCUT2D eigenvalue weighted by atomic mass is 32.2. The zero-order valence-electron chi connectivity index (χ0n) is 17.4. The lowest BCUT2D eigenvalue weighted by molar-refractivity contribution is -0.119. The van der Waals surface area contributed by atoms with Crippen molar-refractivity contribution in [1.29, 1.82) is 0 Å². The molecule has 2 aromatic heterocycles. The van der Waals surface area contributed by atoms with E-state index in [1.165, 1.54) is 17.8 Å². The van der Waals surface area contributed by atoms with Gasteiger partial charge in [-0.25, -0.2) is 14.4 Å². The first kappa shape index (κ1) is 21.1. The van der Waals surface area contributed by atoms with Gasteiger partial charge in [0.05, 0.1) is 0 Å². The van der Waals surface area contributed by atoms with Crippen LogP contribution in [-0.4, -0.2) is 20.4 Å². The number of hydrogen-bond donors (Lipinski definition) is 1. The van der Waals surface area contributed by atoms with Crippen molar-refractivity contribution < 1.29 is 9.18 Å². The quantitative estimate of drug-likeness (QED) is 0.376. The Morgan fingerprint density at radius 3 is 2.65 bits per heavy atom. The van der Waals surface area contributed by atoms with E-state index in [4.69, 9.17) is 0 Å². The van der Waals surface area contributed by atoms with Crippen molar-refractivity contribution >= 4 is 34.5 Å². The lowest BCUT2D eigenvalue weighted by Gasteiger charge is -2.19. The zero-order valence-corrected chi connectivity index (χ0v) is 18.2. The third-order valence-corrected chi connectivity index (χ3v) is 6.05. The fourth-order valence-electron chi connectivity index (χ4n) is 3.40. The van der Waals surface area contributed by atoms with Crippen LogP contribution in [0.1, 0.15) is 30.5 Å². The summed E-state index contributed by atoms with van der Waals surface area (Å²) in [4.78, 5) is 22.4. The minimum Gasteiger partial charge on any atom is -0.324 e. The molecule has 0 saturated heterocycles. The SMILES string of the molecule is CC[C@@H](C(=O)Nc1ccc(C)cc1)n1c(SCc2ccccc2F)nc2cccnc21. The van der Waals surface area contributed by atoms with E-state index in [1.54, 1.807) is 18.3 Å². The lowest BCUT2D eigenvalue weighted by atomic mass is 10.2. The molecule has 0 unspecified atom stereocenters. The number of carbonyl (C=O) groups is 1. The molecule has 4 aromatic rings. The third kappa shape index (κ3) is 4.61. The summed E-state index contributed by atoms with van der Waals surface area (Å²) >= 11 is 1.40. The molecule has 4 rings (SSSR count). The molecule has 1 amide bonds. The number of halogens is 1. The van der Waals surface area contributed by atoms with Gasteiger partial charge in [-0.3, -0.25) is 9.36 Å². The highest BCUT2D eigenvalue weighted by molar-refractivity contribution is 7.98. The van der Waals surface area contributed by atoms with Crippen molar-refractivity contribution in [1.82, 2.24) is 14.5 Å². The van der Waals surface area contributed by atoms with E-state index in [9.17, 15) is 9.18 Å². The molecule has 0 saturated carbocycles. The Balaban J connectivity index is 1.66. The van der Waals surface area contributed by atoms with Gasteiger partial charge in [0, 0.05) is 17.6 Å². The first-order chi connectivity index (χ1) is 15.1. The molecule has 1 atom stereocenters. The van der Waals surface area contributed by atoms with Gasteiger partial charge in [0.2, 0.25) is 5.91 Å². The minimum atomic E-state index is -0.496. The number of anilines is 1. The Morgan fingerprint density at radius 1 is 1.13 bits per heavy atom. The van der Waals surface area contributed by atoms with Crippen molar-refractivity contribution in [2.24, 2.45) is 0 Å². The molecule has 158 valence electrons. The van der Waals surface area contributed by atoms with Gasteiger partial charge in [0.15, 0.2) is 10.8 Å². The maximum atomic E-state index is 14.1. The smallest absolute Gasteiger partial charge is 0.247 e. The summed E-state index contributed by atoms with van der Waals surface area (Å²) in [7, 11) is 0. The van der Waals surface area contributed by atoms with E-state index < -0.39 is 6.04 Å². The number of imidazole rings is 1. The molecular weight excluding hydrogens is 411 g/mol. The topological polar surface area (TPSA) is 59.8 Å². The van der Waals surface area contributed by atoms with Gasteiger partial charge < -0.3 is 5.32 Å². The number of thioether (sulfide) groups is 1. The number of aryl methyl sites for hydroxylation is 1. The van der Waals surface area contributed by atoms with Crippen molar-refractivity contribution in [3.05, 3.63) is 83.8 Å². The van der Waals surface area contributed by atoms with Crippen molar-refractivity contribution in [2.45, 2.75) is 37.2 Å². The van der Waals surface area contributed by atoms with Crippen molar-refractivity contribution in [2.75, 3.05) is 5.32 Å². The van der Waals surface area contributed by atoms with Gasteiger partial charge in [-0.2, -0.15) is 0 Å². The third-order valence-electron chi connectivity index (χ3n) is 5.05. The first-order valence-electron chi connectivity index (χ1n) is 10.1. The molecular formula is C24H23FN4OS. The Hall–Kier alpha value is -3.19. The second kappa shape index (κ2) is 9.31. The van der Waals surface area contributed by atoms with Crippen molar-refractivity contribution in [3.8, 4) is 0 Å². The highest BCUT2D eigenvalue weighted by Gasteiger charge is 2.25. The molecule has 0 aliphatic carbocycles. The standard InChI is InChI=1S/C24H23FN4OS/c1-3-21(23(30)27-18-12-10-16(2)11-13-18)29-22-20(9-6-14-26-22)28-24(29)31-15-17-7-4-5-8-19(17)25/h4-14,21H,3,15H2,1-2H3,(H,27,30)/t21-/m0/s1. The van der Waals surface area contributed by atoms with Crippen LogP contribution in [0.25, 0.3) is 11.2 Å². The molecule has 7 heteroatoms. The Kier molecular flexibility index (Phi) is 6.32. The normalized spacial score (nSPS) is 12.1. The van der Waals surface area contributed by atoms with Crippen molar-refractivity contribution in [3.63, 3.8) is 0 Å². The molecule has 0 aliphatic heterocycles. The van der Waals surface area contributed by atoms with Crippen LogP contribution in [-0.2, 0) is 10.5 Å². The number of carbonyl (C=O) groups excluding carboxylic acids is 1. The van der Waals surface area contributed by atoms with Crippen LogP contribution >= 0.6 is 11.8 Å². The largest absolute Gasteiger partial charge is 0.324 e. The van der Waals surface area contributed by atoms with Crippen LogP contribution in [0.2, 0.25) is 0 Å². The molecule has 2 aromatic carbocycles. The van der Waals surface area contributed by atoms with Gasteiger partial charge in [-0.05, 0) is 49.2 Å². The average Bonchev–Trinajstić information content (AvgIpc) is 3.14. The monoisotopic (exact) mass is 434 g/mol. The molecule has 31 heavy (non-hydrogen) atoms. The Morgan fingerprint density at radius 2 is 1.90 bits per heavy atom. The minimum absolute atomic E-state index is 0.135. The van der Waals surface area contributed by atoms with Crippen LogP contribution in [0, 0.1) is 12.7 Å². The number of aromatic nitrogens is 3. The zero-order chi connectivity index (χ0) is 21.8. The molecule has 0 spiro atoms. The first-order valence-corrected chi connectivity index (χ1v) is 11.1. The average molecular weight is 435 g/mol. The number of hydrogen-bond acceptors (Lipinski definition) is 4. The molecule has 5 nitrogen and oxygen atoms in total. The van der Waals surface area contributed by atoms with E-state index in [-0.39, 0.29) is 11.7 Å². The van der Waals surface area contributed by atoms with Gasteiger partial charge in [-0.1, -0.05) is 54.6 Å². The summed E-state index contributed by atoms with van der Waals surface area (Å²) in [5.41, 5.74) is 3.81. The van der Waals surface area contributed by atoms with E-state index in [0.29, 0.717) is 34.1 Å². The van der Waals surface area contributed by atoms with Crippen LogP contribution in [0.4, 0.5) is 10.1 Å². The van der Waals surface area contributed by atoms with Gasteiger partial charge in [0.25, 0.3) is 0 Å². The van der Waals surface area contributed by atoms with Crippen LogP contribution in [0.3, 0.4) is 0 Å². The molecule has 1 N–H and O–H groups in total. The number of rotatable bonds is 7. The number of pyridine rings is 1. The fourth-order valence-corrected chi connectivity index (χ4v) is 4.43. The van der Waals surface area contributed by atoms with Crippen LogP contribution in [0.5, 0.6) is 0 Å². The summed E-state index contributed by atoms with van der Waals surface area (Å²) in [5, 5.41) is 3.64. The number of nitrogens with zero attached hydrogens (tertiary/aromatic N) is 3. The summed E-state index contributed by atoms with van der Waals surface area (Å²) in [6.07, 6.45) is 2.25. The predicted octanol–water partition coefficient (Wildman–Crippen LogP) is 5.76. The highest BCUT2D eigenvalue weighted by Crippen LogP contribution is 2.31. The van der Waals surface area contributed by atoms with E-state index in [0.717, 1.165) is 11.3 Å². The second-order valence-electron chi connectivity index (χ2n) is 7.27. The summed E-state index contributed by atoms with van der Waals surface area (Å²) in [6.45, 7) is 3.96. The maximum Gasteiger partial charge on any atom is 0.247 e. The number of fused-ring (bicyclic) bond motifs is 1. The Labute approximate surface area is 184 Å². The van der Waals surface area contributed by atoms with Gasteiger partial charge >= 0.3 is 0 Å². The number of benzene rings is 2. The van der Waals surface area contributed by atoms with Gasteiger partial charge in [0.1, 0.15) is 17.4 Å². The number of nitrogens with one attached hydrogen (secondary N) is 1. The molecule has 0 fully saturated rings. The van der Waals surface area contributed by atoms with Crippen LogP contribution in [0.15, 0.2) is 72.0 Å². The second-order valence-corrected chi connectivity index (χ2v) is 8.21. The molecule has 0 aliphatic rings. The molecule has 2 heterocycles. The van der Waals surface area contributed by atoms with Crippen LogP contribution < -0.4 is 5.32 Å². The predicted molar refractivity (Wildman–Crippen MR) is 123 cm³/mol. The lowest BCUT2D eigenvalue weighted by Crippen LogP contribution is -2.26.